The Bertz CT molecular complexity index is 1180. The maximum Gasteiger partial charge on any atom is 0.374 e. The number of ether oxygens (including phenoxy) is 2. The molecule has 9 nitrogen and oxygen atoms in total. The largest absolute Gasteiger partial charge is 0.463 e. The molecule has 1 saturated heterocycles. The Morgan fingerprint density at radius 2 is 1.61 bits per heavy atom. The number of Topliss-reactive ketones (excluding diaryl/α,β-unsaturated/α-hetero) is 1. The molecular formula is C30H38ClN3O6S. The van der Waals surface area contributed by atoms with Gasteiger partial charge in [-0.2, -0.15) is 12.6 Å². The van der Waals surface area contributed by atoms with E-state index in [1.54, 1.807) is 24.3 Å². The van der Waals surface area contributed by atoms with E-state index in [9.17, 15) is 19.2 Å². The van der Waals surface area contributed by atoms with Crippen molar-refractivity contribution in [3.05, 3.63) is 64.7 Å². The Balaban J connectivity index is 1.60. The van der Waals surface area contributed by atoms with Gasteiger partial charge >= 0.3 is 5.97 Å². The van der Waals surface area contributed by atoms with Gasteiger partial charge in [0, 0.05) is 62.0 Å². The number of piperazine rings is 1. The van der Waals surface area contributed by atoms with Crippen molar-refractivity contribution in [3.8, 4) is 0 Å². The lowest BCUT2D eigenvalue weighted by molar-refractivity contribution is -0.151. The molecule has 1 fully saturated rings. The average molecular weight is 604 g/mol. The van der Waals surface area contributed by atoms with Crippen LogP contribution in [-0.4, -0.2) is 97.7 Å². The number of hydrogen-bond acceptors (Lipinski definition) is 8. The molecule has 1 unspecified atom stereocenters. The van der Waals surface area contributed by atoms with E-state index in [-0.39, 0.29) is 25.2 Å². The molecular weight excluding hydrogens is 566 g/mol. The van der Waals surface area contributed by atoms with Crippen molar-refractivity contribution in [1.29, 1.82) is 0 Å². The van der Waals surface area contributed by atoms with Crippen molar-refractivity contribution in [1.82, 2.24) is 9.80 Å². The highest BCUT2D eigenvalue weighted by atomic mass is 35.5. The van der Waals surface area contributed by atoms with Crippen molar-refractivity contribution in [2.45, 2.75) is 38.0 Å². The molecule has 41 heavy (non-hydrogen) atoms. The molecule has 0 radical (unpaired) electrons. The predicted octanol–water partition coefficient (Wildman–Crippen LogP) is 3.53. The minimum atomic E-state index is -1.04. The number of methoxy groups -OCH3 is 1. The highest BCUT2D eigenvalue weighted by Gasteiger charge is 2.28. The van der Waals surface area contributed by atoms with Crippen LogP contribution >= 0.6 is 24.2 Å². The molecule has 2 aromatic carbocycles. The first-order valence-electron chi connectivity index (χ1n) is 13.7. The summed E-state index contributed by atoms with van der Waals surface area (Å²) < 4.78 is 10.1. The summed E-state index contributed by atoms with van der Waals surface area (Å²) in [7, 11) is 1.11. The molecule has 1 heterocycles. The molecule has 0 spiro atoms. The lowest BCUT2D eigenvalue weighted by atomic mass is 10.1. The van der Waals surface area contributed by atoms with Crippen molar-refractivity contribution < 1.29 is 28.7 Å². The highest BCUT2D eigenvalue weighted by molar-refractivity contribution is 7.81. The maximum atomic E-state index is 13.2. The lowest BCUT2D eigenvalue weighted by Gasteiger charge is -2.35. The summed E-state index contributed by atoms with van der Waals surface area (Å²) in [5.41, 5.74) is 2.29. The van der Waals surface area contributed by atoms with Crippen LogP contribution in [0.25, 0.3) is 0 Å². The number of hydrogen-bond donors (Lipinski definition) is 1. The van der Waals surface area contributed by atoms with Crippen LogP contribution in [0, 0.1) is 0 Å². The maximum absolute atomic E-state index is 13.2. The normalized spacial score (nSPS) is 14.5. The first-order valence-corrected chi connectivity index (χ1v) is 14.6. The number of anilines is 1. The SMILES string of the molecule is COC(=O)C(=O)CC(S)C(=O)N(CCOC(C)C)c1ccc(C(=O)N2CCN(CCc3ccc(Cl)cc3)CC2)cc1. The van der Waals surface area contributed by atoms with Crippen molar-refractivity contribution >= 4 is 53.5 Å². The topological polar surface area (TPSA) is 96.5 Å². The van der Waals surface area contributed by atoms with E-state index >= 15 is 0 Å². The number of benzene rings is 2. The summed E-state index contributed by atoms with van der Waals surface area (Å²) >= 11 is 10.3. The van der Waals surface area contributed by atoms with E-state index in [2.05, 4.69) is 22.3 Å². The highest BCUT2D eigenvalue weighted by Crippen LogP contribution is 2.21. The van der Waals surface area contributed by atoms with Crippen LogP contribution in [0.5, 0.6) is 0 Å². The van der Waals surface area contributed by atoms with Crippen LogP contribution in [0.15, 0.2) is 48.5 Å². The zero-order chi connectivity index (χ0) is 29.9. The molecule has 0 aromatic heterocycles. The molecule has 0 N–H and O–H groups in total. The molecule has 2 amide bonds. The minimum Gasteiger partial charge on any atom is -0.463 e. The summed E-state index contributed by atoms with van der Waals surface area (Å²) in [6.07, 6.45) is 0.504. The fourth-order valence-corrected chi connectivity index (χ4v) is 4.90. The summed E-state index contributed by atoms with van der Waals surface area (Å²) in [5, 5.41) is -0.315. The van der Waals surface area contributed by atoms with E-state index in [1.165, 1.54) is 10.5 Å². The first kappa shape index (κ1) is 32.6. The smallest absolute Gasteiger partial charge is 0.374 e. The molecule has 222 valence electrons. The fourth-order valence-electron chi connectivity index (χ4n) is 4.47. The molecule has 1 aliphatic rings. The Morgan fingerprint density at radius 3 is 2.20 bits per heavy atom. The second kappa shape index (κ2) is 15.9. The molecule has 1 atom stereocenters. The summed E-state index contributed by atoms with van der Waals surface area (Å²) in [5.74, 6) is -2.36. The van der Waals surface area contributed by atoms with Gasteiger partial charge in [0.1, 0.15) is 0 Å². The van der Waals surface area contributed by atoms with Crippen LogP contribution in [0.4, 0.5) is 5.69 Å². The standard InChI is InChI=1S/C30H38ClN3O6S/c1-21(2)40-19-18-34(29(37)27(41)20-26(35)30(38)39-3)25-10-6-23(7-11-25)28(36)33-16-14-32(15-17-33)13-12-22-4-8-24(31)9-5-22/h4-11,21,27,41H,12-20H2,1-3H3. The second-order valence-electron chi connectivity index (χ2n) is 10.1. The number of thiol groups is 1. The second-order valence-corrected chi connectivity index (χ2v) is 11.2. The Labute approximate surface area is 252 Å². The van der Waals surface area contributed by atoms with Gasteiger partial charge in [-0.3, -0.25) is 19.3 Å². The van der Waals surface area contributed by atoms with Crippen LogP contribution < -0.4 is 4.90 Å². The van der Waals surface area contributed by atoms with Gasteiger partial charge in [0.25, 0.3) is 5.91 Å². The number of carbonyl (C=O) groups is 4. The van der Waals surface area contributed by atoms with Crippen LogP contribution in [0.2, 0.25) is 5.02 Å². The van der Waals surface area contributed by atoms with E-state index in [1.807, 2.05) is 43.0 Å². The van der Waals surface area contributed by atoms with E-state index in [0.717, 1.165) is 38.2 Å². The van der Waals surface area contributed by atoms with Crippen LogP contribution in [0.3, 0.4) is 0 Å². The summed E-state index contributed by atoms with van der Waals surface area (Å²) in [6.45, 7) is 8.03. The van der Waals surface area contributed by atoms with Gasteiger partial charge in [0.15, 0.2) is 0 Å². The van der Waals surface area contributed by atoms with Gasteiger partial charge in [-0.1, -0.05) is 23.7 Å². The molecule has 0 aliphatic carbocycles. The van der Waals surface area contributed by atoms with Gasteiger partial charge in [-0.05, 0) is 62.2 Å². The number of rotatable bonds is 13. The van der Waals surface area contributed by atoms with Gasteiger partial charge in [-0.25, -0.2) is 4.79 Å². The number of nitrogens with zero attached hydrogens (tertiary/aromatic N) is 3. The fraction of sp³-hybridized carbons (Fsp3) is 0.467. The monoisotopic (exact) mass is 603 g/mol. The van der Waals surface area contributed by atoms with Crippen molar-refractivity contribution in [2.24, 2.45) is 0 Å². The third kappa shape index (κ3) is 9.85. The van der Waals surface area contributed by atoms with E-state index < -0.39 is 29.3 Å². The number of ketones is 1. The Morgan fingerprint density at radius 1 is 0.976 bits per heavy atom. The van der Waals surface area contributed by atoms with Gasteiger partial charge < -0.3 is 19.3 Å². The van der Waals surface area contributed by atoms with Crippen molar-refractivity contribution in [2.75, 3.05) is 57.9 Å². The Kier molecular flexibility index (Phi) is 12.6. The average Bonchev–Trinajstić information content (AvgIpc) is 2.98. The van der Waals surface area contributed by atoms with Gasteiger partial charge in [-0.15, -0.1) is 0 Å². The van der Waals surface area contributed by atoms with E-state index in [4.69, 9.17) is 16.3 Å². The number of halogens is 1. The van der Waals surface area contributed by atoms with E-state index in [0.29, 0.717) is 24.3 Å². The quantitative estimate of drug-likeness (QED) is 0.213. The van der Waals surface area contributed by atoms with Crippen molar-refractivity contribution in [3.63, 3.8) is 0 Å². The third-order valence-electron chi connectivity index (χ3n) is 6.82. The molecule has 0 bridgehead atoms. The minimum absolute atomic E-state index is 0.0300. The van der Waals surface area contributed by atoms with Crippen LogP contribution in [0.1, 0.15) is 36.2 Å². The molecule has 3 rings (SSSR count). The third-order valence-corrected chi connectivity index (χ3v) is 7.48. The summed E-state index contributed by atoms with van der Waals surface area (Å²) in [6, 6.07) is 14.7. The first-order chi connectivity index (χ1) is 19.6. The predicted molar refractivity (Wildman–Crippen MR) is 162 cm³/mol. The number of carbonyl (C=O) groups excluding carboxylic acids is 4. The molecule has 1 aliphatic heterocycles. The number of amides is 2. The zero-order valence-electron chi connectivity index (χ0n) is 23.8. The summed E-state index contributed by atoms with van der Waals surface area (Å²) in [4.78, 5) is 55.6. The van der Waals surface area contributed by atoms with Crippen LogP contribution in [-0.2, 0) is 30.3 Å². The zero-order valence-corrected chi connectivity index (χ0v) is 25.4. The molecule has 11 heteroatoms. The molecule has 2 aromatic rings. The lowest BCUT2D eigenvalue weighted by Crippen LogP contribution is -2.49. The number of esters is 1. The van der Waals surface area contributed by atoms with Gasteiger partial charge in [0.05, 0.1) is 25.1 Å². The molecule has 0 saturated carbocycles. The Hall–Kier alpha value is -2.92. The van der Waals surface area contributed by atoms with Gasteiger partial charge in [0.2, 0.25) is 11.7 Å².